The molecule has 0 radical (unpaired) electrons. The van der Waals surface area contributed by atoms with Crippen molar-refractivity contribution >= 4 is 23.2 Å². The molecule has 0 aromatic heterocycles. The van der Waals surface area contributed by atoms with Gasteiger partial charge < -0.3 is 10.1 Å². The monoisotopic (exact) mass is 309 g/mol. The zero-order valence-corrected chi connectivity index (χ0v) is 13.3. The van der Waals surface area contributed by atoms with Gasteiger partial charge in [-0.05, 0) is 61.9 Å². The van der Waals surface area contributed by atoms with Crippen LogP contribution in [0.2, 0.25) is 10.0 Å². The lowest BCUT2D eigenvalue weighted by atomic mass is 10.1. The van der Waals surface area contributed by atoms with Gasteiger partial charge in [0.15, 0.2) is 0 Å². The minimum absolute atomic E-state index is 0.603. The van der Waals surface area contributed by atoms with Gasteiger partial charge in [0.05, 0.1) is 5.02 Å². The third kappa shape index (κ3) is 3.45. The SMILES string of the molecule is CNCc1ccc(Oc2c(C)cc(Cl)cc2C)c(Cl)c1. The van der Waals surface area contributed by atoms with Crippen molar-refractivity contribution in [2.24, 2.45) is 0 Å². The van der Waals surface area contributed by atoms with Crippen molar-refractivity contribution in [1.29, 1.82) is 0 Å². The van der Waals surface area contributed by atoms with Crippen LogP contribution in [0.3, 0.4) is 0 Å². The van der Waals surface area contributed by atoms with Crippen molar-refractivity contribution in [3.05, 3.63) is 57.1 Å². The highest BCUT2D eigenvalue weighted by molar-refractivity contribution is 6.32. The Hall–Kier alpha value is -1.22. The lowest BCUT2D eigenvalue weighted by Crippen LogP contribution is -2.04. The number of hydrogen-bond acceptors (Lipinski definition) is 2. The summed E-state index contributed by atoms with van der Waals surface area (Å²) < 4.78 is 5.95. The average Bonchev–Trinajstić information content (AvgIpc) is 2.36. The molecule has 2 aromatic carbocycles. The summed E-state index contributed by atoms with van der Waals surface area (Å²) in [5.74, 6) is 1.46. The van der Waals surface area contributed by atoms with Crippen LogP contribution in [0.1, 0.15) is 16.7 Å². The molecule has 0 unspecified atom stereocenters. The maximum Gasteiger partial charge on any atom is 0.146 e. The van der Waals surface area contributed by atoms with Gasteiger partial charge in [0.25, 0.3) is 0 Å². The third-order valence-electron chi connectivity index (χ3n) is 3.01. The predicted molar refractivity (Wildman–Crippen MR) is 85.2 cm³/mol. The first-order valence-corrected chi connectivity index (χ1v) is 7.14. The standard InChI is InChI=1S/C16H17Cl2NO/c1-10-6-13(17)7-11(2)16(10)20-15-5-4-12(9-19-3)8-14(15)18/h4-8,19H,9H2,1-3H3. The lowest BCUT2D eigenvalue weighted by molar-refractivity contribution is 0.475. The molecule has 2 nitrogen and oxygen atoms in total. The molecular formula is C16H17Cl2NO. The Morgan fingerprint density at radius 2 is 1.70 bits per heavy atom. The summed E-state index contributed by atoms with van der Waals surface area (Å²) in [5.41, 5.74) is 3.10. The first kappa shape index (κ1) is 15.2. The molecule has 0 saturated carbocycles. The first-order chi connectivity index (χ1) is 9.51. The van der Waals surface area contributed by atoms with Crippen LogP contribution in [0.4, 0.5) is 0 Å². The van der Waals surface area contributed by atoms with Crippen molar-refractivity contribution < 1.29 is 4.74 Å². The molecule has 2 aromatic rings. The minimum atomic E-state index is 0.603. The number of ether oxygens (including phenoxy) is 1. The molecule has 106 valence electrons. The van der Waals surface area contributed by atoms with Crippen molar-refractivity contribution in [1.82, 2.24) is 5.32 Å². The number of nitrogens with one attached hydrogen (secondary N) is 1. The van der Waals surface area contributed by atoms with Gasteiger partial charge in [-0.3, -0.25) is 0 Å². The molecule has 0 aliphatic rings. The van der Waals surface area contributed by atoms with E-state index in [0.29, 0.717) is 15.8 Å². The fourth-order valence-corrected chi connectivity index (χ4v) is 2.68. The number of hydrogen-bond donors (Lipinski definition) is 1. The van der Waals surface area contributed by atoms with Crippen LogP contribution >= 0.6 is 23.2 Å². The Morgan fingerprint density at radius 3 is 2.25 bits per heavy atom. The van der Waals surface area contributed by atoms with Crippen molar-refractivity contribution in [2.75, 3.05) is 7.05 Å². The van der Waals surface area contributed by atoms with E-state index in [-0.39, 0.29) is 0 Å². The predicted octanol–water partition coefficient (Wildman–Crippen LogP) is 5.12. The van der Waals surface area contributed by atoms with E-state index in [1.54, 1.807) is 0 Å². The molecule has 0 atom stereocenters. The Morgan fingerprint density at radius 1 is 1.05 bits per heavy atom. The molecule has 4 heteroatoms. The Bertz CT molecular complexity index is 603. The largest absolute Gasteiger partial charge is 0.455 e. The van der Waals surface area contributed by atoms with Gasteiger partial charge in [-0.15, -0.1) is 0 Å². The number of rotatable bonds is 4. The van der Waals surface area contributed by atoms with E-state index < -0.39 is 0 Å². The molecule has 0 fully saturated rings. The van der Waals surface area contributed by atoms with Crippen LogP contribution in [0.15, 0.2) is 30.3 Å². The first-order valence-electron chi connectivity index (χ1n) is 6.39. The van der Waals surface area contributed by atoms with Gasteiger partial charge in [-0.2, -0.15) is 0 Å². The highest BCUT2D eigenvalue weighted by Gasteiger charge is 2.10. The van der Waals surface area contributed by atoms with Crippen LogP contribution < -0.4 is 10.1 Å². The summed E-state index contributed by atoms with van der Waals surface area (Å²) in [6.07, 6.45) is 0. The van der Waals surface area contributed by atoms with Gasteiger partial charge in [-0.25, -0.2) is 0 Å². The molecular weight excluding hydrogens is 293 g/mol. The van der Waals surface area contributed by atoms with E-state index in [4.69, 9.17) is 27.9 Å². The summed E-state index contributed by atoms with van der Waals surface area (Å²) in [4.78, 5) is 0. The summed E-state index contributed by atoms with van der Waals surface area (Å²) in [6.45, 7) is 4.72. The molecule has 1 N–H and O–H groups in total. The van der Waals surface area contributed by atoms with Gasteiger partial charge in [0.2, 0.25) is 0 Å². The van der Waals surface area contributed by atoms with Crippen molar-refractivity contribution in [3.63, 3.8) is 0 Å². The van der Waals surface area contributed by atoms with E-state index in [1.165, 1.54) is 0 Å². The summed E-state index contributed by atoms with van der Waals surface area (Å²) in [6, 6.07) is 9.56. The minimum Gasteiger partial charge on any atom is -0.455 e. The van der Waals surface area contributed by atoms with Crippen LogP contribution in [0, 0.1) is 13.8 Å². The van der Waals surface area contributed by atoms with E-state index in [9.17, 15) is 0 Å². The average molecular weight is 310 g/mol. The van der Waals surface area contributed by atoms with Gasteiger partial charge in [0, 0.05) is 11.6 Å². The fraction of sp³-hybridized carbons (Fsp3) is 0.250. The number of halogens is 2. The number of aryl methyl sites for hydroxylation is 2. The van der Waals surface area contributed by atoms with Gasteiger partial charge in [-0.1, -0.05) is 29.3 Å². The maximum absolute atomic E-state index is 6.27. The smallest absolute Gasteiger partial charge is 0.146 e. The van der Waals surface area contributed by atoms with Crippen molar-refractivity contribution in [3.8, 4) is 11.5 Å². The normalized spacial score (nSPS) is 10.7. The molecule has 0 amide bonds. The molecule has 2 rings (SSSR count). The van der Waals surface area contributed by atoms with E-state index >= 15 is 0 Å². The maximum atomic E-state index is 6.27. The molecule has 0 heterocycles. The highest BCUT2D eigenvalue weighted by Crippen LogP contribution is 2.35. The van der Waals surface area contributed by atoms with Crippen LogP contribution in [0.5, 0.6) is 11.5 Å². The topological polar surface area (TPSA) is 21.3 Å². The van der Waals surface area contributed by atoms with E-state index in [1.807, 2.05) is 51.2 Å². The second-order valence-electron chi connectivity index (χ2n) is 4.77. The molecule has 0 aliphatic heterocycles. The van der Waals surface area contributed by atoms with E-state index in [0.717, 1.165) is 29.0 Å². The Labute approximate surface area is 129 Å². The van der Waals surface area contributed by atoms with Crippen LogP contribution in [-0.2, 0) is 6.54 Å². The molecule has 20 heavy (non-hydrogen) atoms. The Kier molecular flexibility index (Phi) is 4.92. The van der Waals surface area contributed by atoms with Crippen molar-refractivity contribution in [2.45, 2.75) is 20.4 Å². The fourth-order valence-electron chi connectivity index (χ4n) is 2.11. The summed E-state index contributed by atoms with van der Waals surface area (Å²) in [5, 5.41) is 4.40. The van der Waals surface area contributed by atoms with Gasteiger partial charge in [0.1, 0.15) is 11.5 Å². The molecule has 0 spiro atoms. The van der Waals surface area contributed by atoms with Crippen LogP contribution in [0.25, 0.3) is 0 Å². The Balaban J connectivity index is 2.31. The summed E-state index contributed by atoms with van der Waals surface area (Å²) >= 11 is 12.3. The zero-order chi connectivity index (χ0) is 14.7. The third-order valence-corrected chi connectivity index (χ3v) is 3.53. The lowest BCUT2D eigenvalue weighted by Gasteiger charge is -2.14. The highest BCUT2D eigenvalue weighted by atomic mass is 35.5. The number of benzene rings is 2. The quantitative estimate of drug-likeness (QED) is 0.846. The molecule has 0 saturated heterocycles. The summed E-state index contributed by atoms with van der Waals surface area (Å²) in [7, 11) is 1.90. The second-order valence-corrected chi connectivity index (χ2v) is 5.61. The second kappa shape index (κ2) is 6.49. The van der Waals surface area contributed by atoms with Crippen LogP contribution in [-0.4, -0.2) is 7.05 Å². The van der Waals surface area contributed by atoms with Gasteiger partial charge >= 0.3 is 0 Å². The zero-order valence-electron chi connectivity index (χ0n) is 11.8. The molecule has 0 aliphatic carbocycles. The molecule has 0 bridgehead atoms. The van der Waals surface area contributed by atoms with E-state index in [2.05, 4.69) is 5.32 Å².